The number of likely N-dealkylation sites (N-methyl/N-ethyl adjacent to an activating group) is 1. The lowest BCUT2D eigenvalue weighted by molar-refractivity contribution is 0.233. The van der Waals surface area contributed by atoms with E-state index in [9.17, 15) is 0 Å². The molecule has 2 heterocycles. The summed E-state index contributed by atoms with van der Waals surface area (Å²) in [4.78, 5) is 12.8. The minimum absolute atomic E-state index is 0.255. The van der Waals surface area contributed by atoms with Crippen LogP contribution in [0, 0.1) is 0 Å². The number of nitrogens with two attached hydrogens (primary N) is 1. The van der Waals surface area contributed by atoms with E-state index in [1.54, 1.807) is 7.11 Å². The maximum Gasteiger partial charge on any atom is 0.225 e. The second-order valence-electron chi connectivity index (χ2n) is 4.40. The van der Waals surface area contributed by atoms with Crippen LogP contribution in [0.1, 0.15) is 6.92 Å². The molecule has 94 valence electrons. The average molecular weight is 237 g/mol. The molecule has 1 atom stereocenters. The normalized spacial score (nSPS) is 21.6. The van der Waals surface area contributed by atoms with Gasteiger partial charge < -0.3 is 20.3 Å². The third-order valence-electron chi connectivity index (χ3n) is 3.20. The summed E-state index contributed by atoms with van der Waals surface area (Å²) in [7, 11) is 3.72. The number of nitrogens with zero attached hydrogens (tertiary/aromatic N) is 4. The van der Waals surface area contributed by atoms with Gasteiger partial charge in [-0.25, -0.2) is 0 Å². The molecule has 1 aromatic heterocycles. The average Bonchev–Trinajstić information content (AvgIpc) is 2.32. The molecule has 0 saturated carbocycles. The number of nitrogen functional groups attached to an aromatic ring is 1. The molecular formula is C11H19N5O. The first-order chi connectivity index (χ1) is 8.10. The molecule has 6 nitrogen and oxygen atoms in total. The molecule has 2 N–H and O–H groups in total. The van der Waals surface area contributed by atoms with Crippen LogP contribution >= 0.6 is 0 Å². The quantitative estimate of drug-likeness (QED) is 0.793. The van der Waals surface area contributed by atoms with Crippen LogP contribution in [0.2, 0.25) is 0 Å². The SMILES string of the molecule is COc1cc(N2CCN(C)C(C)C2)nc(N)n1. The fraction of sp³-hybridized carbons (Fsp3) is 0.636. The fourth-order valence-corrected chi connectivity index (χ4v) is 1.95. The van der Waals surface area contributed by atoms with Crippen LogP contribution < -0.4 is 15.4 Å². The Labute approximate surface area is 101 Å². The van der Waals surface area contributed by atoms with Crippen molar-refractivity contribution in [2.24, 2.45) is 0 Å². The van der Waals surface area contributed by atoms with E-state index >= 15 is 0 Å². The molecule has 1 saturated heterocycles. The van der Waals surface area contributed by atoms with Gasteiger partial charge in [-0.1, -0.05) is 0 Å². The number of piperazine rings is 1. The summed E-state index contributed by atoms with van der Waals surface area (Å²) >= 11 is 0. The Bertz CT molecular complexity index is 397. The van der Waals surface area contributed by atoms with Gasteiger partial charge in [0.2, 0.25) is 11.8 Å². The van der Waals surface area contributed by atoms with Crippen molar-refractivity contribution >= 4 is 11.8 Å². The zero-order valence-corrected chi connectivity index (χ0v) is 10.6. The van der Waals surface area contributed by atoms with Crippen LogP contribution in [0.4, 0.5) is 11.8 Å². The summed E-state index contributed by atoms with van der Waals surface area (Å²) in [6.07, 6.45) is 0. The minimum atomic E-state index is 0.255. The minimum Gasteiger partial charge on any atom is -0.481 e. The number of ether oxygens (including phenoxy) is 1. The van der Waals surface area contributed by atoms with E-state index in [0.29, 0.717) is 11.9 Å². The molecule has 6 heteroatoms. The Morgan fingerprint density at radius 3 is 2.82 bits per heavy atom. The van der Waals surface area contributed by atoms with Crippen molar-refractivity contribution in [1.29, 1.82) is 0 Å². The number of aromatic nitrogens is 2. The summed E-state index contributed by atoms with van der Waals surface area (Å²) in [6, 6.07) is 2.33. The van der Waals surface area contributed by atoms with Crippen LogP contribution in [0.25, 0.3) is 0 Å². The molecule has 1 fully saturated rings. The molecule has 0 amide bonds. The van der Waals surface area contributed by atoms with Gasteiger partial charge in [-0.3, -0.25) is 0 Å². The van der Waals surface area contributed by atoms with Crippen LogP contribution in [0.3, 0.4) is 0 Å². The second kappa shape index (κ2) is 4.75. The lowest BCUT2D eigenvalue weighted by atomic mass is 10.2. The van der Waals surface area contributed by atoms with E-state index in [-0.39, 0.29) is 5.95 Å². The first-order valence-corrected chi connectivity index (χ1v) is 5.74. The Balaban J connectivity index is 2.19. The molecule has 0 bridgehead atoms. The molecule has 0 aliphatic carbocycles. The number of anilines is 2. The Morgan fingerprint density at radius 2 is 2.18 bits per heavy atom. The molecule has 0 radical (unpaired) electrons. The van der Waals surface area contributed by atoms with Crippen molar-refractivity contribution < 1.29 is 4.74 Å². The highest BCUT2D eigenvalue weighted by molar-refractivity contribution is 5.46. The van der Waals surface area contributed by atoms with Gasteiger partial charge in [-0.2, -0.15) is 9.97 Å². The van der Waals surface area contributed by atoms with Crippen LogP contribution in [0.5, 0.6) is 5.88 Å². The highest BCUT2D eigenvalue weighted by atomic mass is 16.5. The molecule has 1 aliphatic heterocycles. The van der Waals surface area contributed by atoms with Gasteiger partial charge in [-0.15, -0.1) is 0 Å². The largest absolute Gasteiger partial charge is 0.481 e. The number of hydrogen-bond acceptors (Lipinski definition) is 6. The third kappa shape index (κ3) is 2.58. The number of hydrogen-bond donors (Lipinski definition) is 1. The highest BCUT2D eigenvalue weighted by Gasteiger charge is 2.22. The number of methoxy groups -OCH3 is 1. The predicted molar refractivity (Wildman–Crippen MR) is 67.3 cm³/mol. The highest BCUT2D eigenvalue weighted by Crippen LogP contribution is 2.20. The van der Waals surface area contributed by atoms with Gasteiger partial charge in [0, 0.05) is 31.7 Å². The van der Waals surface area contributed by atoms with Gasteiger partial charge in [0.05, 0.1) is 7.11 Å². The molecule has 1 aliphatic rings. The molecule has 2 rings (SSSR count). The molecule has 0 aromatic carbocycles. The van der Waals surface area contributed by atoms with E-state index in [0.717, 1.165) is 25.5 Å². The van der Waals surface area contributed by atoms with Crippen LogP contribution in [0.15, 0.2) is 6.07 Å². The van der Waals surface area contributed by atoms with E-state index in [1.165, 1.54) is 0 Å². The zero-order chi connectivity index (χ0) is 12.4. The van der Waals surface area contributed by atoms with E-state index in [2.05, 4.69) is 33.7 Å². The standard InChI is InChI=1S/C11H19N5O/c1-8-7-16(5-4-15(8)2)9-6-10(17-3)14-11(12)13-9/h6,8H,4-5,7H2,1-3H3,(H2,12,13,14). The van der Waals surface area contributed by atoms with Gasteiger partial charge in [0.15, 0.2) is 0 Å². The van der Waals surface area contributed by atoms with E-state index in [1.807, 2.05) is 6.07 Å². The zero-order valence-electron chi connectivity index (χ0n) is 10.6. The molecule has 0 spiro atoms. The smallest absolute Gasteiger partial charge is 0.225 e. The first-order valence-electron chi connectivity index (χ1n) is 5.74. The van der Waals surface area contributed by atoms with E-state index in [4.69, 9.17) is 10.5 Å². The van der Waals surface area contributed by atoms with E-state index < -0.39 is 0 Å². The monoisotopic (exact) mass is 237 g/mol. The maximum absolute atomic E-state index is 5.66. The predicted octanol–water partition coefficient (Wildman–Crippen LogP) is 0.208. The van der Waals surface area contributed by atoms with Gasteiger partial charge >= 0.3 is 0 Å². The maximum atomic E-state index is 5.66. The van der Waals surface area contributed by atoms with Gasteiger partial charge in [-0.05, 0) is 14.0 Å². The third-order valence-corrected chi connectivity index (χ3v) is 3.20. The van der Waals surface area contributed by atoms with Crippen molar-refractivity contribution in [2.75, 3.05) is 44.4 Å². The van der Waals surface area contributed by atoms with Crippen molar-refractivity contribution in [3.8, 4) is 5.88 Å². The second-order valence-corrected chi connectivity index (χ2v) is 4.40. The lowest BCUT2D eigenvalue weighted by Crippen LogP contribution is -2.50. The topological polar surface area (TPSA) is 67.5 Å². The summed E-state index contributed by atoms with van der Waals surface area (Å²) < 4.78 is 5.11. The summed E-state index contributed by atoms with van der Waals surface area (Å²) in [6.45, 7) is 5.11. The van der Waals surface area contributed by atoms with Crippen molar-refractivity contribution in [3.63, 3.8) is 0 Å². The molecule has 1 unspecified atom stereocenters. The van der Waals surface area contributed by atoms with Gasteiger partial charge in [0.25, 0.3) is 0 Å². The Morgan fingerprint density at radius 1 is 1.41 bits per heavy atom. The molecular weight excluding hydrogens is 218 g/mol. The Hall–Kier alpha value is -1.56. The van der Waals surface area contributed by atoms with Crippen LogP contribution in [-0.2, 0) is 0 Å². The first kappa shape index (κ1) is 11.9. The van der Waals surface area contributed by atoms with Crippen molar-refractivity contribution in [2.45, 2.75) is 13.0 Å². The Kier molecular flexibility index (Phi) is 3.33. The van der Waals surface area contributed by atoms with Crippen LogP contribution in [-0.4, -0.2) is 54.7 Å². The summed E-state index contributed by atoms with van der Waals surface area (Å²) in [5, 5.41) is 0. The fourth-order valence-electron chi connectivity index (χ4n) is 1.95. The van der Waals surface area contributed by atoms with Crippen molar-refractivity contribution in [3.05, 3.63) is 6.07 Å². The lowest BCUT2D eigenvalue weighted by Gasteiger charge is -2.38. The van der Waals surface area contributed by atoms with Gasteiger partial charge in [0.1, 0.15) is 5.82 Å². The number of rotatable bonds is 2. The summed E-state index contributed by atoms with van der Waals surface area (Å²) in [5.41, 5.74) is 5.66. The van der Waals surface area contributed by atoms with Crippen molar-refractivity contribution in [1.82, 2.24) is 14.9 Å². The molecule has 1 aromatic rings. The molecule has 17 heavy (non-hydrogen) atoms. The summed E-state index contributed by atoms with van der Waals surface area (Å²) in [5.74, 6) is 1.61.